The summed E-state index contributed by atoms with van der Waals surface area (Å²) in [6.45, 7) is 0. The van der Waals surface area contributed by atoms with E-state index in [-0.39, 0.29) is 11.9 Å². The largest absolute Gasteiger partial charge is 0.326 e. The van der Waals surface area contributed by atoms with Crippen LogP contribution in [-0.4, -0.2) is 17.8 Å². The van der Waals surface area contributed by atoms with Gasteiger partial charge in [-0.15, -0.1) is 0 Å². The third-order valence-electron chi connectivity index (χ3n) is 4.08. The molecule has 2 aliphatic rings. The van der Waals surface area contributed by atoms with E-state index in [4.69, 9.17) is 11.6 Å². The highest BCUT2D eigenvalue weighted by molar-refractivity contribution is 6.30. The molecule has 0 bridgehead atoms. The van der Waals surface area contributed by atoms with Crippen LogP contribution < -0.4 is 15.6 Å². The zero-order valence-corrected chi connectivity index (χ0v) is 13.2. The van der Waals surface area contributed by atoms with Gasteiger partial charge in [-0.05, 0) is 29.8 Å². The molecule has 0 aliphatic carbocycles. The van der Waals surface area contributed by atoms with E-state index >= 15 is 0 Å². The van der Waals surface area contributed by atoms with E-state index in [0.717, 1.165) is 11.3 Å². The number of nitrogens with zero attached hydrogens (tertiary/aromatic N) is 2. The van der Waals surface area contributed by atoms with E-state index in [0.29, 0.717) is 10.9 Å². The van der Waals surface area contributed by atoms with Crippen molar-refractivity contribution >= 4 is 35.1 Å². The van der Waals surface area contributed by atoms with Gasteiger partial charge >= 0.3 is 6.03 Å². The molecule has 0 aromatic heterocycles. The number of hydrazone groups is 1. The number of fused-ring (bicyclic) bond motifs is 1. The number of para-hydroxylation sites is 1. The van der Waals surface area contributed by atoms with Crippen molar-refractivity contribution in [1.29, 1.82) is 0 Å². The van der Waals surface area contributed by atoms with Gasteiger partial charge in [0.05, 0.1) is 11.7 Å². The molecule has 24 heavy (non-hydrogen) atoms. The standard InChI is InChI=1S/C17H13ClN4O2/c18-11-8-6-10(7-9-11)14-13-15(19-17(24)20-16(13)23)21-22(14)12-4-2-1-3-5-12/h1-9,13-14H,(H2,19,20,21,23,24). The number of hydrogen-bond acceptors (Lipinski definition) is 4. The van der Waals surface area contributed by atoms with Crippen LogP contribution in [0.3, 0.4) is 0 Å². The summed E-state index contributed by atoms with van der Waals surface area (Å²) in [6, 6.07) is 15.9. The maximum Gasteiger partial charge on any atom is 0.326 e. The molecule has 2 atom stereocenters. The van der Waals surface area contributed by atoms with Crippen LogP contribution in [0.25, 0.3) is 0 Å². The lowest BCUT2D eigenvalue weighted by Crippen LogP contribution is -2.55. The second kappa shape index (κ2) is 5.65. The second-order valence-corrected chi connectivity index (χ2v) is 6.02. The molecule has 2 heterocycles. The quantitative estimate of drug-likeness (QED) is 0.882. The third kappa shape index (κ3) is 2.41. The number of imide groups is 1. The molecule has 1 fully saturated rings. The number of hydrogen-bond donors (Lipinski definition) is 2. The van der Waals surface area contributed by atoms with Crippen LogP contribution >= 0.6 is 11.6 Å². The summed E-state index contributed by atoms with van der Waals surface area (Å²) in [5.74, 6) is -0.604. The molecule has 0 radical (unpaired) electrons. The summed E-state index contributed by atoms with van der Waals surface area (Å²) < 4.78 is 0. The lowest BCUT2D eigenvalue weighted by Gasteiger charge is -2.29. The number of carbonyl (C=O) groups is 2. The number of halogens is 1. The van der Waals surface area contributed by atoms with Gasteiger partial charge < -0.3 is 0 Å². The summed E-state index contributed by atoms with van der Waals surface area (Å²) in [4.78, 5) is 24.0. The van der Waals surface area contributed by atoms with Crippen molar-refractivity contribution in [3.8, 4) is 0 Å². The number of anilines is 1. The molecule has 2 unspecified atom stereocenters. The summed E-state index contributed by atoms with van der Waals surface area (Å²) in [5, 5.41) is 11.8. The Morgan fingerprint density at radius 2 is 1.67 bits per heavy atom. The van der Waals surface area contributed by atoms with Crippen LogP contribution in [-0.2, 0) is 4.79 Å². The number of carbonyl (C=O) groups excluding carboxylic acids is 2. The fourth-order valence-electron chi connectivity index (χ4n) is 3.03. The van der Waals surface area contributed by atoms with Gasteiger partial charge in [-0.1, -0.05) is 41.9 Å². The van der Waals surface area contributed by atoms with Crippen molar-refractivity contribution in [2.45, 2.75) is 6.04 Å². The topological polar surface area (TPSA) is 73.8 Å². The van der Waals surface area contributed by atoms with E-state index in [1.54, 1.807) is 17.1 Å². The molecule has 120 valence electrons. The number of rotatable bonds is 2. The fourth-order valence-corrected chi connectivity index (χ4v) is 3.16. The molecule has 4 rings (SSSR count). The van der Waals surface area contributed by atoms with Gasteiger partial charge in [0.1, 0.15) is 11.8 Å². The van der Waals surface area contributed by atoms with Crippen LogP contribution in [0.4, 0.5) is 10.5 Å². The Balaban J connectivity index is 1.82. The van der Waals surface area contributed by atoms with Crippen molar-refractivity contribution in [3.05, 3.63) is 65.2 Å². The fraction of sp³-hybridized carbons (Fsp3) is 0.118. The molecule has 3 amide bonds. The molecule has 0 spiro atoms. The van der Waals surface area contributed by atoms with Crippen molar-refractivity contribution < 1.29 is 9.59 Å². The highest BCUT2D eigenvalue weighted by Gasteiger charge is 2.47. The minimum atomic E-state index is -0.593. The Bertz CT molecular complexity index is 835. The summed E-state index contributed by atoms with van der Waals surface area (Å²) in [5.41, 5.74) is 1.72. The van der Waals surface area contributed by atoms with E-state index in [2.05, 4.69) is 15.7 Å². The van der Waals surface area contributed by atoms with Crippen LogP contribution in [0.15, 0.2) is 59.7 Å². The van der Waals surface area contributed by atoms with E-state index in [1.807, 2.05) is 42.5 Å². The maximum absolute atomic E-state index is 12.4. The first kappa shape index (κ1) is 14.7. The van der Waals surface area contributed by atoms with E-state index in [1.165, 1.54) is 0 Å². The van der Waals surface area contributed by atoms with Crippen LogP contribution in [0, 0.1) is 5.92 Å². The predicted octanol–water partition coefficient (Wildman–Crippen LogP) is 2.67. The lowest BCUT2D eigenvalue weighted by atomic mass is 9.90. The smallest absolute Gasteiger partial charge is 0.293 e. The van der Waals surface area contributed by atoms with E-state index in [9.17, 15) is 9.59 Å². The number of nitrogens with one attached hydrogen (secondary N) is 2. The Hall–Kier alpha value is -2.86. The van der Waals surface area contributed by atoms with Gasteiger partial charge in [0, 0.05) is 5.02 Å². The van der Waals surface area contributed by atoms with Gasteiger partial charge in [0.15, 0.2) is 0 Å². The zero-order chi connectivity index (χ0) is 16.7. The molecule has 2 aliphatic heterocycles. The minimum Gasteiger partial charge on any atom is -0.293 e. The summed E-state index contributed by atoms with van der Waals surface area (Å²) in [6.07, 6.45) is 0. The van der Waals surface area contributed by atoms with Gasteiger partial charge in [-0.25, -0.2) is 4.79 Å². The second-order valence-electron chi connectivity index (χ2n) is 5.58. The van der Waals surface area contributed by atoms with Crippen LogP contribution in [0.1, 0.15) is 11.6 Å². The maximum atomic E-state index is 12.4. The van der Waals surface area contributed by atoms with Crippen LogP contribution in [0.5, 0.6) is 0 Å². The van der Waals surface area contributed by atoms with Crippen LogP contribution in [0.2, 0.25) is 5.02 Å². The highest BCUT2D eigenvalue weighted by atomic mass is 35.5. The highest BCUT2D eigenvalue weighted by Crippen LogP contribution is 2.39. The number of amidine groups is 1. The monoisotopic (exact) mass is 340 g/mol. The zero-order valence-electron chi connectivity index (χ0n) is 12.4. The predicted molar refractivity (Wildman–Crippen MR) is 90.7 cm³/mol. The Labute approximate surface area is 143 Å². The van der Waals surface area contributed by atoms with Crippen molar-refractivity contribution in [3.63, 3.8) is 0 Å². The summed E-state index contributed by atoms with van der Waals surface area (Å²) >= 11 is 5.98. The lowest BCUT2D eigenvalue weighted by molar-refractivity contribution is -0.122. The Morgan fingerprint density at radius 3 is 2.38 bits per heavy atom. The SMILES string of the molecule is O=C1NC(=O)C2C(=NN(c3ccccc3)C2c2ccc(Cl)cc2)N1. The van der Waals surface area contributed by atoms with Gasteiger partial charge in [0.25, 0.3) is 0 Å². The molecular formula is C17H13ClN4O2. The van der Waals surface area contributed by atoms with Crippen molar-refractivity contribution in [2.75, 3.05) is 5.01 Å². The van der Waals surface area contributed by atoms with Gasteiger partial charge in [0.2, 0.25) is 5.91 Å². The molecule has 1 saturated heterocycles. The van der Waals surface area contributed by atoms with Crippen molar-refractivity contribution in [1.82, 2.24) is 10.6 Å². The average Bonchev–Trinajstić information content (AvgIpc) is 2.96. The average molecular weight is 341 g/mol. The van der Waals surface area contributed by atoms with Gasteiger partial charge in [-0.3, -0.25) is 20.4 Å². The summed E-state index contributed by atoms with van der Waals surface area (Å²) in [7, 11) is 0. The third-order valence-corrected chi connectivity index (χ3v) is 4.33. The van der Waals surface area contributed by atoms with Crippen molar-refractivity contribution in [2.24, 2.45) is 11.0 Å². The Kier molecular flexibility index (Phi) is 3.46. The number of urea groups is 1. The first-order valence-corrected chi connectivity index (χ1v) is 7.81. The van der Waals surface area contributed by atoms with Gasteiger partial charge in [-0.2, -0.15) is 5.10 Å². The molecule has 0 saturated carbocycles. The molecule has 2 N–H and O–H groups in total. The molecule has 7 heteroatoms. The molecule has 2 aromatic carbocycles. The minimum absolute atomic E-state index is 0.354. The Morgan fingerprint density at radius 1 is 0.958 bits per heavy atom. The molecule has 2 aromatic rings. The molecular weight excluding hydrogens is 328 g/mol. The van der Waals surface area contributed by atoms with E-state index < -0.39 is 11.9 Å². The first-order valence-electron chi connectivity index (χ1n) is 7.43. The normalized spacial score (nSPS) is 22.5. The first-order chi connectivity index (χ1) is 11.6. The number of benzene rings is 2. The number of amides is 3. The molecule has 6 nitrogen and oxygen atoms in total.